The van der Waals surface area contributed by atoms with E-state index in [-0.39, 0.29) is 5.54 Å². The molecule has 1 aromatic rings. The molecule has 0 fully saturated rings. The third-order valence-corrected chi connectivity index (χ3v) is 3.81. The van der Waals surface area contributed by atoms with Gasteiger partial charge in [0.05, 0.1) is 0 Å². The van der Waals surface area contributed by atoms with Crippen molar-refractivity contribution in [3.8, 4) is 0 Å². The van der Waals surface area contributed by atoms with Gasteiger partial charge in [-0.15, -0.1) is 11.3 Å². The fourth-order valence-electron chi connectivity index (χ4n) is 1.70. The molecule has 0 saturated carbocycles. The molecule has 1 heterocycles. The summed E-state index contributed by atoms with van der Waals surface area (Å²) in [6.07, 6.45) is 3.82. The zero-order valence-corrected chi connectivity index (χ0v) is 11.9. The molecular weight excluding hydrogens is 214 g/mol. The van der Waals surface area contributed by atoms with E-state index in [1.54, 1.807) is 0 Å². The maximum atomic E-state index is 3.61. The number of hydrogen-bond donors (Lipinski definition) is 1. The average Bonchev–Trinajstić information content (AvgIpc) is 2.69. The third-order valence-electron chi connectivity index (χ3n) is 2.88. The molecule has 1 N–H and O–H groups in total. The molecule has 1 nitrogen and oxygen atoms in total. The summed E-state index contributed by atoms with van der Waals surface area (Å²) in [5.41, 5.74) is 0.246. The molecule has 1 atom stereocenters. The topological polar surface area (TPSA) is 12.0 Å². The molecule has 1 aromatic heterocycles. The molecule has 0 aromatic carbocycles. The maximum Gasteiger partial charge on any atom is 0.00966 e. The van der Waals surface area contributed by atoms with Crippen molar-refractivity contribution >= 4 is 11.3 Å². The zero-order valence-electron chi connectivity index (χ0n) is 11.0. The highest BCUT2D eigenvalue weighted by Gasteiger charge is 2.13. The largest absolute Gasteiger partial charge is 0.312 e. The van der Waals surface area contributed by atoms with Gasteiger partial charge in [-0.3, -0.25) is 0 Å². The number of rotatable bonds is 6. The Morgan fingerprint density at radius 2 is 2.12 bits per heavy atom. The number of aryl methyl sites for hydroxylation is 1. The smallest absolute Gasteiger partial charge is 0.00966 e. The highest BCUT2D eigenvalue weighted by atomic mass is 32.1. The van der Waals surface area contributed by atoms with Gasteiger partial charge in [0.1, 0.15) is 0 Å². The van der Waals surface area contributed by atoms with Crippen LogP contribution >= 0.6 is 11.3 Å². The van der Waals surface area contributed by atoms with Crippen LogP contribution in [0.3, 0.4) is 0 Å². The van der Waals surface area contributed by atoms with Crippen LogP contribution in [0.5, 0.6) is 0 Å². The summed E-state index contributed by atoms with van der Waals surface area (Å²) in [4.78, 5) is 1.52. The second-order valence-corrected chi connectivity index (χ2v) is 6.56. The van der Waals surface area contributed by atoms with Crippen molar-refractivity contribution in [3.63, 3.8) is 0 Å². The quantitative estimate of drug-likeness (QED) is 0.788. The molecule has 2 heteroatoms. The van der Waals surface area contributed by atoms with Crippen molar-refractivity contribution in [1.82, 2.24) is 5.32 Å². The molecule has 16 heavy (non-hydrogen) atoms. The summed E-state index contributed by atoms with van der Waals surface area (Å²) < 4.78 is 0. The Morgan fingerprint density at radius 1 is 1.38 bits per heavy atom. The Hall–Kier alpha value is -0.340. The van der Waals surface area contributed by atoms with Crippen LogP contribution in [-0.4, -0.2) is 12.1 Å². The summed E-state index contributed by atoms with van der Waals surface area (Å²) in [5.74, 6) is 0.807. The Morgan fingerprint density at radius 3 is 2.62 bits per heavy atom. The van der Waals surface area contributed by atoms with E-state index in [0.29, 0.717) is 0 Å². The molecule has 0 aliphatic rings. The second-order valence-electron chi connectivity index (χ2n) is 5.52. The van der Waals surface area contributed by atoms with E-state index in [1.807, 2.05) is 11.3 Å². The van der Waals surface area contributed by atoms with Crippen LogP contribution in [0, 0.1) is 5.92 Å². The van der Waals surface area contributed by atoms with E-state index in [4.69, 9.17) is 0 Å². The van der Waals surface area contributed by atoms with E-state index < -0.39 is 0 Å². The fraction of sp³-hybridized carbons (Fsp3) is 0.714. The van der Waals surface area contributed by atoms with Crippen molar-refractivity contribution in [1.29, 1.82) is 0 Å². The second kappa shape index (κ2) is 6.41. The number of nitrogens with one attached hydrogen (secondary N) is 1. The highest BCUT2D eigenvalue weighted by molar-refractivity contribution is 7.09. The molecule has 0 aliphatic heterocycles. The molecule has 92 valence electrons. The lowest BCUT2D eigenvalue weighted by Crippen LogP contribution is -2.39. The Labute approximate surface area is 104 Å². The predicted molar refractivity (Wildman–Crippen MR) is 74.2 cm³/mol. The first kappa shape index (κ1) is 13.7. The fourth-order valence-corrected chi connectivity index (χ4v) is 2.43. The minimum absolute atomic E-state index is 0.246. The number of thiophene rings is 1. The molecule has 0 bridgehead atoms. The highest BCUT2D eigenvalue weighted by Crippen LogP contribution is 2.17. The minimum Gasteiger partial charge on any atom is -0.312 e. The van der Waals surface area contributed by atoms with Gasteiger partial charge in [-0.05, 0) is 57.5 Å². The summed E-state index contributed by atoms with van der Waals surface area (Å²) in [5, 5.41) is 5.78. The summed E-state index contributed by atoms with van der Waals surface area (Å²) in [7, 11) is 0. The summed E-state index contributed by atoms with van der Waals surface area (Å²) >= 11 is 1.88. The summed E-state index contributed by atoms with van der Waals surface area (Å²) in [6.45, 7) is 10.1. The van der Waals surface area contributed by atoms with Crippen LogP contribution in [0.15, 0.2) is 17.5 Å². The Kier molecular flexibility index (Phi) is 5.50. The van der Waals surface area contributed by atoms with Crippen molar-refractivity contribution in [2.45, 2.75) is 52.5 Å². The van der Waals surface area contributed by atoms with Gasteiger partial charge < -0.3 is 5.32 Å². The van der Waals surface area contributed by atoms with Crippen LogP contribution in [0.2, 0.25) is 0 Å². The monoisotopic (exact) mass is 239 g/mol. The van der Waals surface area contributed by atoms with Gasteiger partial charge in [0.15, 0.2) is 0 Å². The molecule has 0 spiro atoms. The lowest BCUT2D eigenvalue weighted by atomic mass is 9.98. The molecular formula is C14H25NS. The molecule has 0 radical (unpaired) electrons. The normalized spacial score (nSPS) is 14.0. The van der Waals surface area contributed by atoms with Crippen LogP contribution in [0.4, 0.5) is 0 Å². The average molecular weight is 239 g/mol. The van der Waals surface area contributed by atoms with Gasteiger partial charge in [0.2, 0.25) is 0 Å². The first-order valence-electron chi connectivity index (χ1n) is 6.28. The van der Waals surface area contributed by atoms with Crippen molar-refractivity contribution in [3.05, 3.63) is 22.4 Å². The van der Waals surface area contributed by atoms with Crippen LogP contribution in [-0.2, 0) is 6.42 Å². The van der Waals surface area contributed by atoms with Crippen molar-refractivity contribution in [2.75, 3.05) is 6.54 Å². The molecule has 1 unspecified atom stereocenters. The first-order valence-corrected chi connectivity index (χ1v) is 7.16. The zero-order chi connectivity index (χ0) is 12.0. The van der Waals surface area contributed by atoms with Crippen LogP contribution < -0.4 is 5.32 Å². The predicted octanol–water partition coefficient (Wildman–Crippen LogP) is 4.10. The first-order chi connectivity index (χ1) is 7.51. The van der Waals surface area contributed by atoms with Gasteiger partial charge in [-0.25, -0.2) is 0 Å². The Balaban J connectivity index is 2.27. The maximum absolute atomic E-state index is 3.61. The molecule has 0 amide bonds. The molecule has 0 saturated heterocycles. The number of hydrogen-bond acceptors (Lipinski definition) is 2. The van der Waals surface area contributed by atoms with E-state index >= 15 is 0 Å². The van der Waals surface area contributed by atoms with E-state index in [1.165, 1.54) is 24.1 Å². The van der Waals surface area contributed by atoms with Crippen LogP contribution in [0.1, 0.15) is 45.4 Å². The van der Waals surface area contributed by atoms with Crippen molar-refractivity contribution < 1.29 is 0 Å². The van der Waals surface area contributed by atoms with Gasteiger partial charge in [0.25, 0.3) is 0 Å². The van der Waals surface area contributed by atoms with E-state index in [2.05, 4.69) is 50.5 Å². The SMILES string of the molecule is CCC(CCc1cccs1)CNC(C)(C)C. The van der Waals surface area contributed by atoms with Gasteiger partial charge in [0, 0.05) is 10.4 Å². The van der Waals surface area contributed by atoms with Crippen LogP contribution in [0.25, 0.3) is 0 Å². The van der Waals surface area contributed by atoms with Gasteiger partial charge >= 0.3 is 0 Å². The third kappa shape index (κ3) is 5.66. The lowest BCUT2D eigenvalue weighted by molar-refractivity contribution is 0.353. The van der Waals surface area contributed by atoms with Crippen molar-refractivity contribution in [2.24, 2.45) is 5.92 Å². The van der Waals surface area contributed by atoms with Gasteiger partial charge in [-0.2, -0.15) is 0 Å². The summed E-state index contributed by atoms with van der Waals surface area (Å²) in [6, 6.07) is 4.39. The molecule has 0 aliphatic carbocycles. The minimum atomic E-state index is 0.246. The lowest BCUT2D eigenvalue weighted by Gasteiger charge is -2.24. The standard InChI is InChI=1S/C14H25NS/c1-5-12(11-15-14(2,3)4)8-9-13-7-6-10-16-13/h6-7,10,12,15H,5,8-9,11H2,1-4H3. The molecule has 1 rings (SSSR count). The van der Waals surface area contributed by atoms with E-state index in [0.717, 1.165) is 12.5 Å². The van der Waals surface area contributed by atoms with E-state index in [9.17, 15) is 0 Å². The Bertz CT molecular complexity index is 271. The van der Waals surface area contributed by atoms with Gasteiger partial charge in [-0.1, -0.05) is 19.4 Å².